The van der Waals surface area contributed by atoms with Crippen LogP contribution in [0.2, 0.25) is 5.02 Å². The van der Waals surface area contributed by atoms with E-state index in [-0.39, 0.29) is 18.6 Å². The van der Waals surface area contributed by atoms with Gasteiger partial charge in [-0.15, -0.1) is 0 Å². The van der Waals surface area contributed by atoms with Gasteiger partial charge in [-0.2, -0.15) is 0 Å². The molecular formula is C16H19ClO4. The highest BCUT2D eigenvalue weighted by molar-refractivity contribution is 6.34. The lowest BCUT2D eigenvalue weighted by Gasteiger charge is -2.26. The summed E-state index contributed by atoms with van der Waals surface area (Å²) in [6, 6.07) is 4.94. The van der Waals surface area contributed by atoms with Crippen molar-refractivity contribution in [3.8, 4) is 5.75 Å². The Bertz CT molecular complexity index is 547. The average molecular weight is 311 g/mol. The zero-order chi connectivity index (χ0) is 15.5. The SMILES string of the molecule is COc1ccc(C(=O)CC2(CC(=O)O)CCCC2)c(Cl)c1. The maximum Gasteiger partial charge on any atom is 0.303 e. The van der Waals surface area contributed by atoms with Gasteiger partial charge in [0, 0.05) is 12.0 Å². The van der Waals surface area contributed by atoms with E-state index >= 15 is 0 Å². The maximum absolute atomic E-state index is 12.5. The number of aliphatic carboxylic acids is 1. The summed E-state index contributed by atoms with van der Waals surface area (Å²) in [4.78, 5) is 23.6. The van der Waals surface area contributed by atoms with Crippen molar-refractivity contribution >= 4 is 23.4 Å². The molecule has 4 nitrogen and oxygen atoms in total. The fourth-order valence-electron chi connectivity index (χ4n) is 3.15. The van der Waals surface area contributed by atoms with Gasteiger partial charge in [-0.1, -0.05) is 24.4 Å². The van der Waals surface area contributed by atoms with E-state index in [0.717, 1.165) is 25.7 Å². The third-order valence-electron chi connectivity index (χ3n) is 4.20. The molecule has 114 valence electrons. The number of halogens is 1. The fraction of sp³-hybridized carbons (Fsp3) is 0.500. The van der Waals surface area contributed by atoms with Crippen molar-refractivity contribution in [2.75, 3.05) is 7.11 Å². The lowest BCUT2D eigenvalue weighted by atomic mass is 9.77. The zero-order valence-electron chi connectivity index (χ0n) is 12.0. The molecule has 1 aromatic carbocycles. The summed E-state index contributed by atoms with van der Waals surface area (Å²) in [6.07, 6.45) is 3.84. The number of carbonyl (C=O) groups excluding carboxylic acids is 1. The van der Waals surface area contributed by atoms with Crippen molar-refractivity contribution < 1.29 is 19.4 Å². The van der Waals surface area contributed by atoms with Crippen LogP contribution in [0.15, 0.2) is 18.2 Å². The number of Topliss-reactive ketones (excluding diaryl/α,β-unsaturated/α-hetero) is 1. The first-order chi connectivity index (χ1) is 9.96. The minimum atomic E-state index is -0.842. The Kier molecular flexibility index (Phi) is 4.88. The van der Waals surface area contributed by atoms with Crippen molar-refractivity contribution in [3.05, 3.63) is 28.8 Å². The molecule has 0 radical (unpaired) electrons. The summed E-state index contributed by atoms with van der Waals surface area (Å²) in [6.45, 7) is 0. The molecule has 1 aromatic rings. The minimum absolute atomic E-state index is 0.0481. The molecule has 0 spiro atoms. The molecule has 5 heteroatoms. The van der Waals surface area contributed by atoms with Crippen molar-refractivity contribution in [2.45, 2.75) is 38.5 Å². The predicted molar refractivity (Wildman–Crippen MR) is 80.1 cm³/mol. The number of benzene rings is 1. The first-order valence-corrected chi connectivity index (χ1v) is 7.42. The molecule has 0 aliphatic heterocycles. The summed E-state index contributed by atoms with van der Waals surface area (Å²) in [5.41, 5.74) is 0.0285. The van der Waals surface area contributed by atoms with Crippen LogP contribution in [-0.2, 0) is 4.79 Å². The normalized spacial score (nSPS) is 16.7. The van der Waals surface area contributed by atoms with E-state index < -0.39 is 11.4 Å². The Labute approximate surface area is 129 Å². The van der Waals surface area contributed by atoms with Crippen molar-refractivity contribution in [1.82, 2.24) is 0 Å². The van der Waals surface area contributed by atoms with Crippen LogP contribution in [0.25, 0.3) is 0 Å². The van der Waals surface area contributed by atoms with E-state index in [1.165, 1.54) is 7.11 Å². The van der Waals surface area contributed by atoms with Crippen LogP contribution in [0.1, 0.15) is 48.9 Å². The van der Waals surface area contributed by atoms with Crippen molar-refractivity contribution in [2.24, 2.45) is 5.41 Å². The molecule has 0 bridgehead atoms. The molecule has 1 saturated carbocycles. The lowest BCUT2D eigenvalue weighted by molar-refractivity contribution is -0.139. The number of rotatable bonds is 6. The fourth-order valence-corrected chi connectivity index (χ4v) is 3.42. The van der Waals surface area contributed by atoms with Gasteiger partial charge in [0.05, 0.1) is 18.6 Å². The molecule has 0 amide bonds. The largest absolute Gasteiger partial charge is 0.497 e. The monoisotopic (exact) mass is 310 g/mol. The second-order valence-corrected chi connectivity index (χ2v) is 6.13. The summed E-state index contributed by atoms with van der Waals surface area (Å²) in [5.74, 6) is -0.339. The van der Waals surface area contributed by atoms with Crippen LogP contribution in [0, 0.1) is 5.41 Å². The molecular weight excluding hydrogens is 292 g/mol. The minimum Gasteiger partial charge on any atom is -0.497 e. The maximum atomic E-state index is 12.5. The van der Waals surface area contributed by atoms with E-state index in [1.54, 1.807) is 18.2 Å². The standard InChI is InChI=1S/C16H19ClO4/c1-21-11-4-5-12(13(17)8-11)14(18)9-16(10-15(19)20)6-2-3-7-16/h4-5,8H,2-3,6-7,9-10H2,1H3,(H,19,20). The second-order valence-electron chi connectivity index (χ2n) is 5.72. The van der Waals surface area contributed by atoms with Gasteiger partial charge in [-0.05, 0) is 36.5 Å². The first-order valence-electron chi connectivity index (χ1n) is 7.04. The summed E-state index contributed by atoms with van der Waals surface area (Å²) >= 11 is 6.12. The molecule has 0 unspecified atom stereocenters. The Morgan fingerprint density at radius 1 is 1.29 bits per heavy atom. The third kappa shape index (κ3) is 3.76. The lowest BCUT2D eigenvalue weighted by Crippen LogP contribution is -2.24. The molecule has 0 heterocycles. The summed E-state index contributed by atoms with van der Waals surface area (Å²) in [5, 5.41) is 9.44. The number of methoxy groups -OCH3 is 1. The highest BCUT2D eigenvalue weighted by Gasteiger charge is 2.38. The number of hydrogen-bond acceptors (Lipinski definition) is 3. The molecule has 1 aliphatic rings. The Balaban J connectivity index is 2.17. The number of hydrogen-bond donors (Lipinski definition) is 1. The Hall–Kier alpha value is -1.55. The van der Waals surface area contributed by atoms with Gasteiger partial charge in [0.2, 0.25) is 0 Å². The molecule has 21 heavy (non-hydrogen) atoms. The van der Waals surface area contributed by atoms with E-state index in [4.69, 9.17) is 21.4 Å². The second kappa shape index (κ2) is 6.48. The van der Waals surface area contributed by atoms with Gasteiger partial charge in [0.25, 0.3) is 0 Å². The predicted octanol–water partition coefficient (Wildman–Crippen LogP) is 3.96. The molecule has 0 atom stereocenters. The van der Waals surface area contributed by atoms with Crippen LogP contribution in [0.4, 0.5) is 0 Å². The van der Waals surface area contributed by atoms with Gasteiger partial charge in [-0.25, -0.2) is 0 Å². The summed E-state index contributed by atoms with van der Waals surface area (Å²) < 4.78 is 5.06. The molecule has 1 N–H and O–H groups in total. The third-order valence-corrected chi connectivity index (χ3v) is 4.52. The van der Waals surface area contributed by atoms with E-state index in [9.17, 15) is 9.59 Å². The van der Waals surface area contributed by atoms with Gasteiger partial charge < -0.3 is 9.84 Å². The van der Waals surface area contributed by atoms with Gasteiger partial charge in [-0.3, -0.25) is 9.59 Å². The zero-order valence-corrected chi connectivity index (χ0v) is 12.8. The van der Waals surface area contributed by atoms with Crippen molar-refractivity contribution in [3.63, 3.8) is 0 Å². The quantitative estimate of drug-likeness (QED) is 0.808. The smallest absolute Gasteiger partial charge is 0.303 e. The van der Waals surface area contributed by atoms with Crippen LogP contribution in [-0.4, -0.2) is 24.0 Å². The highest BCUT2D eigenvalue weighted by Crippen LogP contribution is 2.45. The van der Waals surface area contributed by atoms with E-state index in [1.807, 2.05) is 0 Å². The highest BCUT2D eigenvalue weighted by atomic mass is 35.5. The first kappa shape index (κ1) is 15.8. The molecule has 1 aliphatic carbocycles. The molecule has 0 saturated heterocycles. The Morgan fingerprint density at radius 3 is 2.48 bits per heavy atom. The van der Waals surface area contributed by atoms with Gasteiger partial charge in [0.1, 0.15) is 5.75 Å². The molecule has 0 aromatic heterocycles. The van der Waals surface area contributed by atoms with E-state index in [2.05, 4.69) is 0 Å². The number of carbonyl (C=O) groups is 2. The average Bonchev–Trinajstić information content (AvgIpc) is 2.85. The van der Waals surface area contributed by atoms with Crippen LogP contribution < -0.4 is 4.74 Å². The number of carboxylic acid groups (broad SMARTS) is 1. The van der Waals surface area contributed by atoms with Gasteiger partial charge in [0.15, 0.2) is 5.78 Å². The van der Waals surface area contributed by atoms with Gasteiger partial charge >= 0.3 is 5.97 Å². The van der Waals surface area contributed by atoms with E-state index in [0.29, 0.717) is 16.3 Å². The number of carboxylic acids is 1. The van der Waals surface area contributed by atoms with Crippen LogP contribution >= 0.6 is 11.6 Å². The molecule has 2 rings (SSSR count). The number of ether oxygens (including phenoxy) is 1. The van der Waals surface area contributed by atoms with Crippen LogP contribution in [0.3, 0.4) is 0 Å². The van der Waals surface area contributed by atoms with Crippen molar-refractivity contribution in [1.29, 1.82) is 0 Å². The summed E-state index contributed by atoms with van der Waals surface area (Å²) in [7, 11) is 1.54. The number of ketones is 1. The molecule has 1 fully saturated rings. The topological polar surface area (TPSA) is 63.6 Å². The Morgan fingerprint density at radius 2 is 1.95 bits per heavy atom. The van der Waals surface area contributed by atoms with Crippen LogP contribution in [0.5, 0.6) is 5.75 Å².